The van der Waals surface area contributed by atoms with Crippen LogP contribution in [0.2, 0.25) is 0 Å². The van der Waals surface area contributed by atoms with Crippen LogP contribution >= 0.6 is 0 Å². The number of nitrogens with zero attached hydrogens (tertiary/aromatic N) is 7. The van der Waals surface area contributed by atoms with E-state index < -0.39 is 0 Å². The summed E-state index contributed by atoms with van der Waals surface area (Å²) >= 11 is 0. The number of carbonyl (C=O) groups excluding carboxylic acids is 1. The van der Waals surface area contributed by atoms with Crippen LogP contribution in [-0.4, -0.2) is 67.1 Å². The average Bonchev–Trinajstić information content (AvgIpc) is 3.19. The summed E-state index contributed by atoms with van der Waals surface area (Å²) < 4.78 is 8.87. The second-order valence-corrected chi connectivity index (χ2v) is 6.83. The summed E-state index contributed by atoms with van der Waals surface area (Å²) in [5.41, 5.74) is 3.09. The molecule has 2 aromatic heterocycles. The van der Waals surface area contributed by atoms with E-state index in [0.717, 1.165) is 36.6 Å². The summed E-state index contributed by atoms with van der Waals surface area (Å²) in [5.74, 6) is 0.562. The third-order valence-corrected chi connectivity index (χ3v) is 4.92. The van der Waals surface area contributed by atoms with Gasteiger partial charge in [0, 0.05) is 30.9 Å². The summed E-state index contributed by atoms with van der Waals surface area (Å²) in [6.07, 6.45) is 0. The van der Waals surface area contributed by atoms with Crippen molar-refractivity contribution >= 4 is 5.91 Å². The summed E-state index contributed by atoms with van der Waals surface area (Å²) in [6, 6.07) is -0.128. The molecule has 3 heterocycles. The Balaban J connectivity index is 1.61. The Labute approximate surface area is 158 Å². The zero-order valence-corrected chi connectivity index (χ0v) is 16.5. The first-order chi connectivity index (χ1) is 13.0. The summed E-state index contributed by atoms with van der Waals surface area (Å²) in [7, 11) is 0. The van der Waals surface area contributed by atoms with Gasteiger partial charge in [-0.05, 0) is 38.1 Å². The van der Waals surface area contributed by atoms with Crippen molar-refractivity contribution in [1.82, 2.24) is 40.2 Å². The number of hydrogen-bond donors (Lipinski definition) is 1. The standard InChI is InChI=1S/C17H28N8O2/c1-5-24-14(4)17(13(3)20-24)12(2)18-16(26)11-25-15(19-21-22-25)10-23-6-8-27-9-7-23/h12H,5-11H2,1-4H3,(H,18,26). The maximum absolute atomic E-state index is 12.5. The molecule has 0 spiro atoms. The fourth-order valence-electron chi connectivity index (χ4n) is 3.56. The first-order valence-electron chi connectivity index (χ1n) is 9.38. The molecule has 1 unspecified atom stereocenters. The third kappa shape index (κ3) is 4.51. The number of nitrogens with one attached hydrogen (secondary N) is 1. The van der Waals surface area contributed by atoms with Crippen LogP contribution < -0.4 is 5.32 Å². The molecule has 3 rings (SSSR count). The monoisotopic (exact) mass is 376 g/mol. The highest BCUT2D eigenvalue weighted by molar-refractivity contribution is 5.76. The van der Waals surface area contributed by atoms with Crippen molar-refractivity contribution in [3.05, 3.63) is 22.8 Å². The number of hydrogen-bond acceptors (Lipinski definition) is 7. The van der Waals surface area contributed by atoms with Crippen molar-refractivity contribution < 1.29 is 9.53 Å². The van der Waals surface area contributed by atoms with E-state index in [1.54, 1.807) is 4.68 Å². The predicted molar refractivity (Wildman–Crippen MR) is 97.8 cm³/mol. The van der Waals surface area contributed by atoms with Crippen LogP contribution in [0.3, 0.4) is 0 Å². The molecular formula is C17H28N8O2. The Morgan fingerprint density at radius 1 is 1.26 bits per heavy atom. The first-order valence-corrected chi connectivity index (χ1v) is 9.38. The van der Waals surface area contributed by atoms with Gasteiger partial charge < -0.3 is 10.1 Å². The topological polar surface area (TPSA) is 103 Å². The van der Waals surface area contributed by atoms with Crippen LogP contribution in [0.4, 0.5) is 0 Å². The van der Waals surface area contributed by atoms with Crippen LogP contribution in [0.25, 0.3) is 0 Å². The van der Waals surface area contributed by atoms with Crippen molar-refractivity contribution in [3.63, 3.8) is 0 Å². The zero-order valence-electron chi connectivity index (χ0n) is 16.5. The molecule has 0 aliphatic carbocycles. The van der Waals surface area contributed by atoms with Gasteiger partial charge in [0.25, 0.3) is 0 Å². The summed E-state index contributed by atoms with van der Waals surface area (Å²) in [6.45, 7) is 12.7. The molecule has 0 radical (unpaired) electrons. The Kier molecular flexibility index (Phi) is 6.17. The van der Waals surface area contributed by atoms with E-state index in [1.807, 2.05) is 25.5 Å². The van der Waals surface area contributed by atoms with Gasteiger partial charge >= 0.3 is 0 Å². The molecule has 27 heavy (non-hydrogen) atoms. The second-order valence-electron chi connectivity index (χ2n) is 6.83. The predicted octanol–water partition coefficient (Wildman–Crippen LogP) is 0.216. The smallest absolute Gasteiger partial charge is 0.242 e. The maximum Gasteiger partial charge on any atom is 0.242 e. The van der Waals surface area contributed by atoms with Gasteiger partial charge in [0.15, 0.2) is 5.82 Å². The molecule has 10 heteroatoms. The molecule has 0 bridgehead atoms. The van der Waals surface area contributed by atoms with Crippen LogP contribution in [0.1, 0.15) is 42.7 Å². The maximum atomic E-state index is 12.5. The van der Waals surface area contributed by atoms with Crippen LogP contribution in [0, 0.1) is 13.8 Å². The normalized spacial score (nSPS) is 16.4. The highest BCUT2D eigenvalue weighted by atomic mass is 16.5. The van der Waals surface area contributed by atoms with E-state index in [2.05, 4.69) is 37.8 Å². The van der Waals surface area contributed by atoms with Gasteiger partial charge in [0.2, 0.25) is 5.91 Å². The molecule has 1 saturated heterocycles. The SMILES string of the molecule is CCn1nc(C)c(C(C)NC(=O)Cn2nnnc2CN2CCOCC2)c1C. The highest BCUT2D eigenvalue weighted by Gasteiger charge is 2.20. The highest BCUT2D eigenvalue weighted by Crippen LogP contribution is 2.21. The minimum absolute atomic E-state index is 0.0943. The van der Waals surface area contributed by atoms with E-state index in [4.69, 9.17) is 4.74 Å². The van der Waals surface area contributed by atoms with Gasteiger partial charge in [-0.25, -0.2) is 4.68 Å². The zero-order chi connectivity index (χ0) is 19.4. The fourth-order valence-corrected chi connectivity index (χ4v) is 3.56. The second kappa shape index (κ2) is 8.57. The van der Waals surface area contributed by atoms with Crippen molar-refractivity contribution in [2.24, 2.45) is 0 Å². The van der Waals surface area contributed by atoms with Crippen LogP contribution in [-0.2, 0) is 29.2 Å². The minimum atomic E-state index is -0.128. The number of aromatic nitrogens is 6. The lowest BCUT2D eigenvalue weighted by atomic mass is 10.1. The third-order valence-electron chi connectivity index (χ3n) is 4.92. The average molecular weight is 376 g/mol. The fraction of sp³-hybridized carbons (Fsp3) is 0.706. The summed E-state index contributed by atoms with van der Waals surface area (Å²) in [5, 5.41) is 19.3. The van der Waals surface area contributed by atoms with Crippen molar-refractivity contribution in [3.8, 4) is 0 Å². The number of carbonyl (C=O) groups is 1. The van der Waals surface area contributed by atoms with E-state index in [0.29, 0.717) is 25.6 Å². The molecule has 1 aliphatic heterocycles. The molecule has 1 N–H and O–H groups in total. The van der Waals surface area contributed by atoms with Gasteiger partial charge in [0.05, 0.1) is 31.5 Å². The number of aryl methyl sites for hydroxylation is 2. The number of ether oxygens (including phenoxy) is 1. The first kappa shape index (κ1) is 19.4. The molecule has 1 amide bonds. The molecule has 0 saturated carbocycles. The van der Waals surface area contributed by atoms with E-state index in [-0.39, 0.29) is 18.5 Å². The number of rotatable bonds is 7. The molecule has 2 aromatic rings. The molecule has 10 nitrogen and oxygen atoms in total. The van der Waals surface area contributed by atoms with E-state index in [1.165, 1.54) is 0 Å². The molecule has 1 aliphatic rings. The van der Waals surface area contributed by atoms with Crippen molar-refractivity contribution in [2.75, 3.05) is 26.3 Å². The van der Waals surface area contributed by atoms with Crippen LogP contribution in [0.5, 0.6) is 0 Å². The van der Waals surface area contributed by atoms with E-state index in [9.17, 15) is 4.79 Å². The number of morpholine rings is 1. The van der Waals surface area contributed by atoms with Gasteiger partial charge in [-0.3, -0.25) is 14.4 Å². The largest absolute Gasteiger partial charge is 0.379 e. The molecule has 148 valence electrons. The Hall–Kier alpha value is -2.33. The summed E-state index contributed by atoms with van der Waals surface area (Å²) in [4.78, 5) is 14.8. The lowest BCUT2D eigenvalue weighted by Crippen LogP contribution is -2.37. The minimum Gasteiger partial charge on any atom is -0.379 e. The van der Waals surface area contributed by atoms with Crippen molar-refractivity contribution in [2.45, 2.75) is 53.4 Å². The molecule has 1 atom stereocenters. The van der Waals surface area contributed by atoms with Gasteiger partial charge in [0.1, 0.15) is 6.54 Å². The lowest BCUT2D eigenvalue weighted by Gasteiger charge is -2.25. The molecule has 0 aromatic carbocycles. The van der Waals surface area contributed by atoms with Crippen molar-refractivity contribution in [1.29, 1.82) is 0 Å². The molecule has 1 fully saturated rings. The van der Waals surface area contributed by atoms with Gasteiger partial charge in [-0.2, -0.15) is 5.10 Å². The molecular weight excluding hydrogens is 348 g/mol. The Morgan fingerprint density at radius 3 is 2.67 bits per heavy atom. The number of amides is 1. The Morgan fingerprint density at radius 2 is 2.00 bits per heavy atom. The van der Waals surface area contributed by atoms with E-state index >= 15 is 0 Å². The quantitative estimate of drug-likeness (QED) is 0.737. The van der Waals surface area contributed by atoms with Gasteiger partial charge in [-0.15, -0.1) is 5.10 Å². The Bertz CT molecular complexity index is 778. The van der Waals surface area contributed by atoms with Gasteiger partial charge in [-0.1, -0.05) is 0 Å². The number of tetrazole rings is 1. The lowest BCUT2D eigenvalue weighted by molar-refractivity contribution is -0.122. The van der Waals surface area contributed by atoms with Crippen LogP contribution in [0.15, 0.2) is 0 Å².